The van der Waals surface area contributed by atoms with Crippen molar-refractivity contribution in [2.45, 2.75) is 18.8 Å². The van der Waals surface area contributed by atoms with E-state index in [0.29, 0.717) is 16.0 Å². The van der Waals surface area contributed by atoms with Gasteiger partial charge in [0.05, 0.1) is 20.7 Å². The van der Waals surface area contributed by atoms with Crippen LogP contribution in [0.25, 0.3) is 11.3 Å². The van der Waals surface area contributed by atoms with E-state index in [2.05, 4.69) is 10.7 Å². The zero-order valence-electron chi connectivity index (χ0n) is 10.7. The van der Waals surface area contributed by atoms with Crippen molar-refractivity contribution in [3.8, 4) is 11.3 Å². The maximum atomic E-state index is 6.25. The summed E-state index contributed by atoms with van der Waals surface area (Å²) in [6.07, 6.45) is 2.33. The predicted molar refractivity (Wildman–Crippen MR) is 89.7 cm³/mol. The molecule has 0 radical (unpaired) electrons. The van der Waals surface area contributed by atoms with Gasteiger partial charge in [-0.1, -0.05) is 35.3 Å². The Morgan fingerprint density at radius 3 is 2.70 bits per heavy atom. The van der Waals surface area contributed by atoms with Crippen molar-refractivity contribution in [3.05, 3.63) is 38.6 Å². The van der Waals surface area contributed by atoms with Gasteiger partial charge in [-0.25, -0.2) is 4.98 Å². The SMILES string of the molecule is Cl.Clc1cccc(-c2csc(C3CCNCC3)n2)c1Cl. The molecule has 0 bridgehead atoms. The van der Waals surface area contributed by atoms with Crippen molar-refractivity contribution >= 4 is 46.9 Å². The van der Waals surface area contributed by atoms with Crippen molar-refractivity contribution in [1.29, 1.82) is 0 Å². The Morgan fingerprint density at radius 1 is 1.20 bits per heavy atom. The molecule has 2 nitrogen and oxygen atoms in total. The highest BCUT2D eigenvalue weighted by molar-refractivity contribution is 7.10. The first-order valence-electron chi connectivity index (χ1n) is 6.36. The van der Waals surface area contributed by atoms with Gasteiger partial charge in [0.15, 0.2) is 0 Å². The van der Waals surface area contributed by atoms with Gasteiger partial charge in [0.25, 0.3) is 0 Å². The molecular weight excluding hydrogens is 335 g/mol. The number of halogens is 3. The molecule has 3 rings (SSSR count). The summed E-state index contributed by atoms with van der Waals surface area (Å²) in [4.78, 5) is 4.75. The third-order valence-corrected chi connectivity index (χ3v) is 5.26. The molecule has 1 N–H and O–H groups in total. The highest BCUT2D eigenvalue weighted by atomic mass is 35.5. The van der Waals surface area contributed by atoms with E-state index in [9.17, 15) is 0 Å². The standard InChI is InChI=1S/C14H14Cl2N2S.ClH/c15-11-3-1-2-10(13(11)16)12-8-19-14(18-12)9-4-6-17-7-5-9;/h1-3,8-9,17H,4-7H2;1H. The fourth-order valence-corrected chi connectivity index (χ4v) is 3.76. The zero-order chi connectivity index (χ0) is 13.2. The monoisotopic (exact) mass is 348 g/mol. The lowest BCUT2D eigenvalue weighted by Gasteiger charge is -2.20. The normalized spacial score (nSPS) is 15.9. The van der Waals surface area contributed by atoms with E-state index < -0.39 is 0 Å². The molecule has 2 heterocycles. The van der Waals surface area contributed by atoms with Crippen LogP contribution >= 0.6 is 46.9 Å². The van der Waals surface area contributed by atoms with Crippen molar-refractivity contribution < 1.29 is 0 Å². The summed E-state index contributed by atoms with van der Waals surface area (Å²) in [7, 11) is 0. The molecule has 1 aromatic heterocycles. The quantitative estimate of drug-likeness (QED) is 0.824. The number of piperidine rings is 1. The van der Waals surface area contributed by atoms with Gasteiger partial charge < -0.3 is 5.32 Å². The van der Waals surface area contributed by atoms with Gasteiger partial charge in [-0.3, -0.25) is 0 Å². The van der Waals surface area contributed by atoms with Crippen LogP contribution in [0.1, 0.15) is 23.8 Å². The molecule has 108 valence electrons. The average Bonchev–Trinajstić information content (AvgIpc) is 2.92. The topological polar surface area (TPSA) is 24.9 Å². The molecule has 20 heavy (non-hydrogen) atoms. The minimum absolute atomic E-state index is 0. The number of hydrogen-bond donors (Lipinski definition) is 1. The summed E-state index contributed by atoms with van der Waals surface area (Å²) in [6.45, 7) is 2.16. The van der Waals surface area contributed by atoms with E-state index in [1.165, 1.54) is 5.01 Å². The van der Waals surface area contributed by atoms with Crippen LogP contribution in [0.3, 0.4) is 0 Å². The average molecular weight is 350 g/mol. The minimum Gasteiger partial charge on any atom is -0.317 e. The summed E-state index contributed by atoms with van der Waals surface area (Å²) >= 11 is 14.0. The van der Waals surface area contributed by atoms with Crippen LogP contribution in [0.2, 0.25) is 10.0 Å². The van der Waals surface area contributed by atoms with Crippen molar-refractivity contribution in [3.63, 3.8) is 0 Å². The predicted octanol–water partition coefficient (Wildman–Crippen LogP) is 5.01. The van der Waals surface area contributed by atoms with E-state index in [0.717, 1.165) is 37.2 Å². The highest BCUT2D eigenvalue weighted by Gasteiger charge is 2.19. The zero-order valence-corrected chi connectivity index (χ0v) is 13.9. The third kappa shape index (κ3) is 3.29. The van der Waals surface area contributed by atoms with Gasteiger partial charge >= 0.3 is 0 Å². The molecule has 2 aromatic rings. The number of nitrogens with one attached hydrogen (secondary N) is 1. The fourth-order valence-electron chi connectivity index (χ4n) is 2.37. The van der Waals surface area contributed by atoms with Gasteiger partial charge in [-0.2, -0.15) is 0 Å². The lowest BCUT2D eigenvalue weighted by molar-refractivity contribution is 0.459. The summed E-state index contributed by atoms with van der Waals surface area (Å²) < 4.78 is 0. The van der Waals surface area contributed by atoms with Crippen LogP contribution in [0.5, 0.6) is 0 Å². The number of benzene rings is 1. The molecule has 0 saturated carbocycles. The molecule has 0 aliphatic carbocycles. The first kappa shape index (κ1) is 16.1. The Bertz CT molecular complexity index is 580. The van der Waals surface area contributed by atoms with E-state index in [4.69, 9.17) is 28.2 Å². The first-order valence-corrected chi connectivity index (χ1v) is 8.00. The summed E-state index contributed by atoms with van der Waals surface area (Å²) in [5, 5.41) is 7.84. The van der Waals surface area contributed by atoms with E-state index in [1.807, 2.05) is 12.1 Å². The summed E-state index contributed by atoms with van der Waals surface area (Å²) in [6, 6.07) is 5.68. The van der Waals surface area contributed by atoms with Gasteiger partial charge in [0, 0.05) is 16.9 Å². The van der Waals surface area contributed by atoms with Crippen LogP contribution in [-0.2, 0) is 0 Å². The fraction of sp³-hybridized carbons (Fsp3) is 0.357. The molecule has 1 aliphatic rings. The molecule has 1 aromatic carbocycles. The second-order valence-electron chi connectivity index (χ2n) is 4.70. The lowest BCUT2D eigenvalue weighted by atomic mass is 9.99. The molecule has 6 heteroatoms. The van der Waals surface area contributed by atoms with E-state index in [1.54, 1.807) is 17.4 Å². The van der Waals surface area contributed by atoms with Crippen molar-refractivity contribution in [1.82, 2.24) is 10.3 Å². The number of hydrogen-bond acceptors (Lipinski definition) is 3. The van der Waals surface area contributed by atoms with Crippen molar-refractivity contribution in [2.24, 2.45) is 0 Å². The Balaban J connectivity index is 0.00000147. The van der Waals surface area contributed by atoms with Gasteiger partial charge in [-0.15, -0.1) is 23.7 Å². The van der Waals surface area contributed by atoms with Crippen LogP contribution in [-0.4, -0.2) is 18.1 Å². The van der Waals surface area contributed by atoms with Crippen LogP contribution in [0.15, 0.2) is 23.6 Å². The number of nitrogens with zero attached hydrogens (tertiary/aromatic N) is 1. The van der Waals surface area contributed by atoms with Gasteiger partial charge in [0.1, 0.15) is 0 Å². The van der Waals surface area contributed by atoms with E-state index in [-0.39, 0.29) is 12.4 Å². The van der Waals surface area contributed by atoms with Crippen LogP contribution in [0.4, 0.5) is 0 Å². The molecule has 0 spiro atoms. The summed E-state index contributed by atoms with van der Waals surface area (Å²) in [5.74, 6) is 0.581. The Morgan fingerprint density at radius 2 is 1.95 bits per heavy atom. The third-order valence-electron chi connectivity index (χ3n) is 3.44. The van der Waals surface area contributed by atoms with Crippen LogP contribution in [0, 0.1) is 0 Å². The van der Waals surface area contributed by atoms with Crippen LogP contribution < -0.4 is 5.32 Å². The molecule has 1 fully saturated rings. The first-order chi connectivity index (χ1) is 9.25. The second kappa shape index (κ2) is 7.10. The number of thiazole rings is 1. The molecule has 1 aliphatic heterocycles. The van der Waals surface area contributed by atoms with Crippen molar-refractivity contribution in [2.75, 3.05) is 13.1 Å². The molecule has 0 atom stereocenters. The lowest BCUT2D eigenvalue weighted by Crippen LogP contribution is -2.26. The largest absolute Gasteiger partial charge is 0.317 e. The molecule has 0 amide bonds. The van der Waals surface area contributed by atoms with Gasteiger partial charge in [-0.05, 0) is 32.0 Å². The highest BCUT2D eigenvalue weighted by Crippen LogP contribution is 2.36. The molecular formula is C14H15Cl3N2S. The Hall–Kier alpha value is -0.320. The van der Waals surface area contributed by atoms with Gasteiger partial charge in [0.2, 0.25) is 0 Å². The smallest absolute Gasteiger partial charge is 0.0964 e. The second-order valence-corrected chi connectivity index (χ2v) is 6.37. The minimum atomic E-state index is 0. The maximum Gasteiger partial charge on any atom is 0.0964 e. The number of rotatable bonds is 2. The maximum absolute atomic E-state index is 6.25. The number of aromatic nitrogens is 1. The van der Waals surface area contributed by atoms with E-state index >= 15 is 0 Å². The molecule has 1 saturated heterocycles. The molecule has 0 unspecified atom stereocenters. The summed E-state index contributed by atoms with van der Waals surface area (Å²) in [5.41, 5.74) is 1.86. The Kier molecular flexibility index (Phi) is 5.70. The Labute approximate surface area is 138 Å².